The number of carbonyl (C=O) groups is 1. The molecule has 0 aliphatic heterocycles. The SMILES string of the molecule is Cc1nc(-c2csc(Br)c2)oc1C(=O)O. The minimum atomic E-state index is -1.10. The third kappa shape index (κ3) is 1.95. The fourth-order valence-corrected chi connectivity index (χ4v) is 2.27. The molecule has 0 bridgehead atoms. The first-order chi connectivity index (χ1) is 7.08. The summed E-state index contributed by atoms with van der Waals surface area (Å²) < 4.78 is 6.10. The van der Waals surface area contributed by atoms with Crippen molar-refractivity contribution in [2.75, 3.05) is 0 Å². The minimum Gasteiger partial charge on any atom is -0.475 e. The van der Waals surface area contributed by atoms with Crippen molar-refractivity contribution in [3.8, 4) is 11.5 Å². The summed E-state index contributed by atoms with van der Waals surface area (Å²) in [5.41, 5.74) is 1.17. The van der Waals surface area contributed by atoms with Gasteiger partial charge in [0.2, 0.25) is 11.7 Å². The Bertz CT molecular complexity index is 517. The van der Waals surface area contributed by atoms with Gasteiger partial charge in [0.15, 0.2) is 0 Å². The van der Waals surface area contributed by atoms with Gasteiger partial charge in [-0.05, 0) is 28.9 Å². The molecular weight excluding hydrogens is 282 g/mol. The molecule has 0 aliphatic carbocycles. The van der Waals surface area contributed by atoms with Crippen LogP contribution < -0.4 is 0 Å². The molecule has 0 amide bonds. The summed E-state index contributed by atoms with van der Waals surface area (Å²) in [7, 11) is 0. The maximum atomic E-state index is 10.7. The zero-order valence-electron chi connectivity index (χ0n) is 7.65. The third-order valence-corrected chi connectivity index (χ3v) is 3.31. The second kappa shape index (κ2) is 3.79. The molecule has 0 unspecified atom stereocenters. The number of halogens is 1. The molecule has 0 aromatic carbocycles. The average molecular weight is 288 g/mol. The number of hydrogen-bond donors (Lipinski definition) is 1. The second-order valence-corrected chi connectivity index (χ2v) is 5.17. The van der Waals surface area contributed by atoms with Crippen molar-refractivity contribution in [2.45, 2.75) is 6.92 Å². The van der Waals surface area contributed by atoms with Crippen molar-refractivity contribution >= 4 is 33.2 Å². The Morgan fingerprint density at radius 3 is 2.87 bits per heavy atom. The highest BCUT2D eigenvalue weighted by Crippen LogP contribution is 2.29. The number of aromatic carboxylic acids is 1. The van der Waals surface area contributed by atoms with Gasteiger partial charge in [0.05, 0.1) is 9.48 Å². The first-order valence-electron chi connectivity index (χ1n) is 4.03. The first-order valence-corrected chi connectivity index (χ1v) is 5.70. The van der Waals surface area contributed by atoms with Crippen molar-refractivity contribution in [3.63, 3.8) is 0 Å². The molecular formula is C9H6BrNO3S. The number of hydrogen-bond acceptors (Lipinski definition) is 4. The molecule has 6 heteroatoms. The van der Waals surface area contributed by atoms with Crippen LogP contribution in [-0.4, -0.2) is 16.1 Å². The lowest BCUT2D eigenvalue weighted by molar-refractivity contribution is 0.0662. The van der Waals surface area contributed by atoms with E-state index in [1.807, 2.05) is 11.4 Å². The van der Waals surface area contributed by atoms with Crippen LogP contribution in [0.15, 0.2) is 19.6 Å². The number of thiophene rings is 1. The fraction of sp³-hybridized carbons (Fsp3) is 0.111. The molecule has 0 radical (unpaired) electrons. The van der Waals surface area contributed by atoms with Gasteiger partial charge < -0.3 is 9.52 Å². The lowest BCUT2D eigenvalue weighted by Gasteiger charge is -1.86. The zero-order chi connectivity index (χ0) is 11.0. The van der Waals surface area contributed by atoms with Gasteiger partial charge in [-0.3, -0.25) is 0 Å². The van der Waals surface area contributed by atoms with Crippen LogP contribution in [0.2, 0.25) is 0 Å². The van der Waals surface area contributed by atoms with E-state index in [0.29, 0.717) is 11.6 Å². The van der Waals surface area contributed by atoms with E-state index < -0.39 is 5.97 Å². The Morgan fingerprint density at radius 2 is 2.40 bits per heavy atom. The van der Waals surface area contributed by atoms with E-state index in [2.05, 4.69) is 20.9 Å². The predicted molar refractivity (Wildman–Crippen MR) is 59.2 cm³/mol. The number of nitrogens with zero attached hydrogens (tertiary/aromatic N) is 1. The highest BCUT2D eigenvalue weighted by atomic mass is 79.9. The number of carboxylic acids is 1. The normalized spacial score (nSPS) is 10.5. The van der Waals surface area contributed by atoms with Gasteiger partial charge >= 0.3 is 5.97 Å². The van der Waals surface area contributed by atoms with Crippen LogP contribution in [0.3, 0.4) is 0 Å². The van der Waals surface area contributed by atoms with Crippen molar-refractivity contribution in [1.29, 1.82) is 0 Å². The zero-order valence-corrected chi connectivity index (χ0v) is 10.1. The number of aromatic nitrogens is 1. The van der Waals surface area contributed by atoms with Gasteiger partial charge in [0.25, 0.3) is 0 Å². The Hall–Kier alpha value is -1.14. The van der Waals surface area contributed by atoms with Crippen LogP contribution in [-0.2, 0) is 0 Å². The van der Waals surface area contributed by atoms with Gasteiger partial charge in [0.1, 0.15) is 0 Å². The van der Waals surface area contributed by atoms with Crippen LogP contribution in [0.4, 0.5) is 0 Å². The Balaban J connectivity index is 2.46. The topological polar surface area (TPSA) is 63.3 Å². The molecule has 2 aromatic rings. The van der Waals surface area contributed by atoms with Gasteiger partial charge in [-0.1, -0.05) is 0 Å². The molecule has 2 heterocycles. The van der Waals surface area contributed by atoms with E-state index in [1.54, 1.807) is 6.92 Å². The molecule has 0 atom stereocenters. The van der Waals surface area contributed by atoms with Gasteiger partial charge in [0, 0.05) is 10.9 Å². The molecule has 78 valence electrons. The summed E-state index contributed by atoms with van der Waals surface area (Å²) in [6, 6.07) is 1.83. The highest BCUT2D eigenvalue weighted by Gasteiger charge is 2.17. The van der Waals surface area contributed by atoms with Gasteiger partial charge in [-0.2, -0.15) is 0 Å². The standard InChI is InChI=1S/C9H6BrNO3S/c1-4-7(9(12)13)14-8(11-4)5-2-6(10)15-3-5/h2-3H,1H3,(H,12,13). The maximum Gasteiger partial charge on any atom is 0.373 e. The van der Waals surface area contributed by atoms with Crippen molar-refractivity contribution in [1.82, 2.24) is 4.98 Å². The van der Waals surface area contributed by atoms with Crippen LogP contribution in [0, 0.1) is 6.92 Å². The van der Waals surface area contributed by atoms with Crippen LogP contribution >= 0.6 is 27.3 Å². The van der Waals surface area contributed by atoms with E-state index in [4.69, 9.17) is 9.52 Å². The Kier molecular flexibility index (Phi) is 2.62. The lowest BCUT2D eigenvalue weighted by Crippen LogP contribution is -1.95. The van der Waals surface area contributed by atoms with Crippen molar-refractivity contribution in [2.24, 2.45) is 0 Å². The molecule has 0 spiro atoms. The molecule has 2 rings (SSSR count). The average Bonchev–Trinajstić information content (AvgIpc) is 2.71. The third-order valence-electron chi connectivity index (χ3n) is 1.81. The number of rotatable bonds is 2. The highest BCUT2D eigenvalue weighted by molar-refractivity contribution is 9.11. The summed E-state index contributed by atoms with van der Waals surface area (Å²) >= 11 is 4.81. The van der Waals surface area contributed by atoms with E-state index in [1.165, 1.54) is 11.3 Å². The van der Waals surface area contributed by atoms with E-state index in [9.17, 15) is 4.79 Å². The Morgan fingerprint density at radius 1 is 1.67 bits per heavy atom. The molecule has 0 saturated carbocycles. The Labute approximate surface area is 97.7 Å². The van der Waals surface area contributed by atoms with E-state index >= 15 is 0 Å². The molecule has 0 aliphatic rings. The summed E-state index contributed by atoms with van der Waals surface area (Å²) in [4.78, 5) is 14.8. The fourth-order valence-electron chi connectivity index (χ4n) is 1.14. The van der Waals surface area contributed by atoms with Crippen molar-refractivity contribution < 1.29 is 14.3 Å². The predicted octanol–water partition coefficient (Wildman–Crippen LogP) is 3.17. The number of aryl methyl sites for hydroxylation is 1. The molecule has 4 nitrogen and oxygen atoms in total. The number of carboxylic acid groups (broad SMARTS) is 1. The van der Waals surface area contributed by atoms with Gasteiger partial charge in [-0.25, -0.2) is 9.78 Å². The molecule has 0 fully saturated rings. The molecule has 15 heavy (non-hydrogen) atoms. The summed E-state index contributed by atoms with van der Waals surface area (Å²) in [5.74, 6) is -0.861. The molecule has 2 aromatic heterocycles. The van der Waals surface area contributed by atoms with Crippen LogP contribution in [0.25, 0.3) is 11.5 Å². The summed E-state index contributed by atoms with van der Waals surface area (Å²) in [5, 5.41) is 10.6. The van der Waals surface area contributed by atoms with Crippen LogP contribution in [0.1, 0.15) is 16.2 Å². The largest absolute Gasteiger partial charge is 0.475 e. The van der Waals surface area contributed by atoms with E-state index in [0.717, 1.165) is 9.35 Å². The summed E-state index contributed by atoms with van der Waals surface area (Å²) in [6.45, 7) is 1.61. The minimum absolute atomic E-state index is 0.104. The smallest absolute Gasteiger partial charge is 0.373 e. The molecule has 0 saturated heterocycles. The number of oxazole rings is 1. The van der Waals surface area contributed by atoms with Crippen LogP contribution in [0.5, 0.6) is 0 Å². The quantitative estimate of drug-likeness (QED) is 0.921. The first kappa shape index (κ1) is 10.4. The van der Waals surface area contributed by atoms with E-state index in [-0.39, 0.29) is 5.76 Å². The van der Waals surface area contributed by atoms with Crippen molar-refractivity contribution in [3.05, 3.63) is 26.7 Å². The van der Waals surface area contributed by atoms with Gasteiger partial charge in [-0.15, -0.1) is 11.3 Å². The summed E-state index contributed by atoms with van der Waals surface area (Å²) in [6.07, 6.45) is 0. The monoisotopic (exact) mass is 287 g/mol. The molecule has 1 N–H and O–H groups in total. The lowest BCUT2D eigenvalue weighted by atomic mass is 10.3. The maximum absolute atomic E-state index is 10.7. The second-order valence-electron chi connectivity index (χ2n) is 2.88.